The Morgan fingerprint density at radius 1 is 1.00 bits per heavy atom. The fraction of sp³-hybridized carbons (Fsp3) is 0.200. The van der Waals surface area contributed by atoms with E-state index < -0.39 is 5.91 Å². The molecule has 32 heavy (non-hydrogen) atoms. The van der Waals surface area contributed by atoms with Gasteiger partial charge in [-0.3, -0.25) is 9.59 Å². The number of aromatic amines is 1. The molecule has 0 saturated carbocycles. The number of hydrogen-bond acceptors (Lipinski definition) is 4. The molecule has 0 aliphatic rings. The Balaban J connectivity index is 1.85. The molecule has 7 nitrogen and oxygen atoms in total. The number of hydrogen-bond donors (Lipinski definition) is 2. The predicted octanol–water partition coefficient (Wildman–Crippen LogP) is 3.81. The molecule has 0 radical (unpaired) electrons. The fourth-order valence-corrected chi connectivity index (χ4v) is 3.85. The summed E-state index contributed by atoms with van der Waals surface area (Å²) >= 11 is 0. The predicted molar refractivity (Wildman–Crippen MR) is 125 cm³/mol. The number of fused-ring (bicyclic) bond motifs is 3. The van der Waals surface area contributed by atoms with E-state index in [1.54, 1.807) is 44.4 Å². The van der Waals surface area contributed by atoms with Crippen LogP contribution in [0.25, 0.3) is 32.9 Å². The van der Waals surface area contributed by atoms with Crippen molar-refractivity contribution >= 4 is 33.6 Å². The Bertz CT molecular complexity index is 1330. The SMILES string of the molecule is COCCN(C)C(=O)c1ccc2c(c1)[nH]c1c(C(N)=O)cc(-c3cccc(OC)c3)cc12. The van der Waals surface area contributed by atoms with Gasteiger partial charge in [0, 0.05) is 42.6 Å². The molecule has 0 aliphatic heterocycles. The molecular formula is C25H25N3O4. The van der Waals surface area contributed by atoms with Crippen molar-refractivity contribution < 1.29 is 19.1 Å². The number of nitrogens with zero attached hydrogens (tertiary/aromatic N) is 1. The molecule has 0 spiro atoms. The quantitative estimate of drug-likeness (QED) is 0.465. The number of H-pyrrole nitrogens is 1. The van der Waals surface area contributed by atoms with Gasteiger partial charge in [-0.1, -0.05) is 18.2 Å². The van der Waals surface area contributed by atoms with Gasteiger partial charge in [-0.25, -0.2) is 0 Å². The zero-order valence-electron chi connectivity index (χ0n) is 18.3. The number of aromatic nitrogens is 1. The number of nitrogens with one attached hydrogen (secondary N) is 1. The van der Waals surface area contributed by atoms with Crippen LogP contribution in [0.2, 0.25) is 0 Å². The third kappa shape index (κ3) is 3.90. The molecule has 0 unspecified atom stereocenters. The van der Waals surface area contributed by atoms with E-state index in [1.807, 2.05) is 36.4 Å². The summed E-state index contributed by atoms with van der Waals surface area (Å²) in [4.78, 5) is 29.9. The summed E-state index contributed by atoms with van der Waals surface area (Å²) < 4.78 is 10.4. The van der Waals surface area contributed by atoms with Crippen LogP contribution in [0.15, 0.2) is 54.6 Å². The van der Waals surface area contributed by atoms with Crippen LogP contribution in [0.3, 0.4) is 0 Å². The Labute approximate surface area is 185 Å². The van der Waals surface area contributed by atoms with Crippen molar-refractivity contribution in [1.82, 2.24) is 9.88 Å². The van der Waals surface area contributed by atoms with E-state index in [9.17, 15) is 9.59 Å². The van der Waals surface area contributed by atoms with E-state index in [-0.39, 0.29) is 5.91 Å². The minimum atomic E-state index is -0.526. The Hall–Kier alpha value is -3.84. The average molecular weight is 431 g/mol. The highest BCUT2D eigenvalue weighted by Crippen LogP contribution is 2.34. The molecule has 0 aliphatic carbocycles. The maximum absolute atomic E-state index is 12.8. The summed E-state index contributed by atoms with van der Waals surface area (Å²) in [6.07, 6.45) is 0. The van der Waals surface area contributed by atoms with Crippen LogP contribution < -0.4 is 10.5 Å². The molecule has 2 amide bonds. The highest BCUT2D eigenvalue weighted by Gasteiger charge is 2.17. The molecule has 0 saturated heterocycles. The van der Waals surface area contributed by atoms with Crippen molar-refractivity contribution in [3.8, 4) is 16.9 Å². The first kappa shape index (κ1) is 21.4. The zero-order valence-corrected chi connectivity index (χ0v) is 18.3. The number of primary amides is 1. The van der Waals surface area contributed by atoms with Crippen molar-refractivity contribution in [2.24, 2.45) is 5.73 Å². The summed E-state index contributed by atoms with van der Waals surface area (Å²) in [5, 5.41) is 1.77. The second-order valence-corrected chi connectivity index (χ2v) is 7.65. The molecule has 0 fully saturated rings. The first-order valence-corrected chi connectivity index (χ1v) is 10.2. The Kier molecular flexibility index (Phi) is 5.83. The lowest BCUT2D eigenvalue weighted by Crippen LogP contribution is -2.29. The second kappa shape index (κ2) is 8.72. The number of carbonyl (C=O) groups excluding carboxylic acids is 2. The molecule has 1 heterocycles. The largest absolute Gasteiger partial charge is 0.497 e. The third-order valence-corrected chi connectivity index (χ3v) is 5.60. The number of rotatable bonds is 7. The van der Waals surface area contributed by atoms with Crippen LogP contribution in [0.5, 0.6) is 5.75 Å². The highest BCUT2D eigenvalue weighted by atomic mass is 16.5. The van der Waals surface area contributed by atoms with E-state index in [0.29, 0.717) is 29.8 Å². The molecular weight excluding hydrogens is 406 g/mol. The number of methoxy groups -OCH3 is 2. The van der Waals surface area contributed by atoms with Crippen molar-refractivity contribution in [2.45, 2.75) is 0 Å². The van der Waals surface area contributed by atoms with Gasteiger partial charge in [-0.15, -0.1) is 0 Å². The molecule has 7 heteroatoms. The normalized spacial score (nSPS) is 11.1. The summed E-state index contributed by atoms with van der Waals surface area (Å²) in [6.45, 7) is 0.960. The minimum Gasteiger partial charge on any atom is -0.497 e. The summed E-state index contributed by atoms with van der Waals surface area (Å²) in [5.74, 6) is 0.0968. The second-order valence-electron chi connectivity index (χ2n) is 7.65. The zero-order chi connectivity index (χ0) is 22.8. The first-order valence-electron chi connectivity index (χ1n) is 10.2. The standard InChI is InChI=1S/C25H25N3O4/c1-28(9-10-31-2)25(30)16-7-8-19-20-12-17(15-5-4-6-18(11-15)32-3)13-21(24(26)29)23(20)27-22(19)14-16/h4-8,11-14,27H,9-10H2,1-3H3,(H2,26,29). The van der Waals surface area contributed by atoms with Crippen LogP contribution in [-0.2, 0) is 4.74 Å². The fourth-order valence-electron chi connectivity index (χ4n) is 3.85. The number of ether oxygens (including phenoxy) is 2. The summed E-state index contributed by atoms with van der Waals surface area (Å²) in [7, 11) is 4.95. The van der Waals surface area contributed by atoms with Gasteiger partial charge in [0.15, 0.2) is 0 Å². The molecule has 0 bridgehead atoms. The van der Waals surface area contributed by atoms with Gasteiger partial charge in [0.25, 0.3) is 11.8 Å². The van der Waals surface area contributed by atoms with Gasteiger partial charge in [-0.2, -0.15) is 0 Å². The van der Waals surface area contributed by atoms with Crippen molar-refractivity contribution in [3.63, 3.8) is 0 Å². The minimum absolute atomic E-state index is 0.102. The summed E-state index contributed by atoms with van der Waals surface area (Å²) in [5.41, 5.74) is 9.83. The maximum Gasteiger partial charge on any atom is 0.253 e. The Morgan fingerprint density at radius 3 is 2.53 bits per heavy atom. The van der Waals surface area contributed by atoms with Crippen LogP contribution in [0.4, 0.5) is 0 Å². The van der Waals surface area contributed by atoms with Crippen LogP contribution in [0, 0.1) is 0 Å². The number of carbonyl (C=O) groups is 2. The van der Waals surface area contributed by atoms with E-state index in [1.165, 1.54) is 0 Å². The smallest absolute Gasteiger partial charge is 0.253 e. The highest BCUT2D eigenvalue weighted by molar-refractivity contribution is 6.17. The Morgan fingerprint density at radius 2 is 1.81 bits per heavy atom. The molecule has 3 N–H and O–H groups in total. The average Bonchev–Trinajstić information content (AvgIpc) is 3.18. The molecule has 164 valence electrons. The number of amides is 2. The van der Waals surface area contributed by atoms with Gasteiger partial charge < -0.3 is 25.1 Å². The lowest BCUT2D eigenvalue weighted by atomic mass is 9.98. The lowest BCUT2D eigenvalue weighted by molar-refractivity contribution is 0.0744. The molecule has 4 rings (SSSR count). The summed E-state index contributed by atoms with van der Waals surface area (Å²) in [6, 6.07) is 16.9. The van der Waals surface area contributed by atoms with E-state index in [2.05, 4.69) is 4.98 Å². The number of benzene rings is 3. The van der Waals surface area contributed by atoms with E-state index in [0.717, 1.165) is 33.2 Å². The molecule has 3 aromatic carbocycles. The number of nitrogens with two attached hydrogens (primary N) is 1. The van der Waals surface area contributed by atoms with Crippen LogP contribution in [-0.4, -0.2) is 56.1 Å². The van der Waals surface area contributed by atoms with Gasteiger partial charge in [0.05, 0.1) is 24.8 Å². The van der Waals surface area contributed by atoms with Gasteiger partial charge in [0.2, 0.25) is 0 Å². The third-order valence-electron chi connectivity index (χ3n) is 5.60. The van der Waals surface area contributed by atoms with Gasteiger partial charge in [0.1, 0.15) is 5.75 Å². The van der Waals surface area contributed by atoms with Crippen molar-refractivity contribution in [3.05, 3.63) is 65.7 Å². The molecule has 1 aromatic heterocycles. The van der Waals surface area contributed by atoms with E-state index >= 15 is 0 Å². The van der Waals surface area contributed by atoms with Crippen molar-refractivity contribution in [2.75, 3.05) is 34.4 Å². The van der Waals surface area contributed by atoms with Crippen LogP contribution in [0.1, 0.15) is 20.7 Å². The number of likely N-dealkylation sites (N-methyl/N-ethyl adjacent to an activating group) is 1. The van der Waals surface area contributed by atoms with Crippen LogP contribution >= 0.6 is 0 Å². The molecule has 4 aromatic rings. The van der Waals surface area contributed by atoms with E-state index in [4.69, 9.17) is 15.2 Å². The topological polar surface area (TPSA) is 97.6 Å². The monoisotopic (exact) mass is 431 g/mol. The maximum atomic E-state index is 12.8. The molecule has 0 atom stereocenters. The van der Waals surface area contributed by atoms with Gasteiger partial charge in [-0.05, 0) is 47.5 Å². The lowest BCUT2D eigenvalue weighted by Gasteiger charge is -2.16. The first-order chi connectivity index (χ1) is 15.4. The van der Waals surface area contributed by atoms with Crippen molar-refractivity contribution in [1.29, 1.82) is 0 Å². The van der Waals surface area contributed by atoms with Gasteiger partial charge >= 0.3 is 0 Å².